The monoisotopic (exact) mass is 272 g/mol. The molecule has 3 rings (SSSR count). The molecule has 1 saturated heterocycles. The molecule has 0 saturated carbocycles. The third-order valence-corrected chi connectivity index (χ3v) is 3.45. The molecule has 2 aromatic rings. The van der Waals surface area contributed by atoms with Crippen LogP contribution < -0.4 is 10.2 Å². The summed E-state index contributed by atoms with van der Waals surface area (Å²) in [5.74, 6) is 0.681. The molecule has 1 N–H and O–H groups in total. The number of anilines is 1. The average molecular weight is 272 g/mol. The predicted molar refractivity (Wildman–Crippen MR) is 73.4 cm³/mol. The maximum atomic E-state index is 11.9. The number of amides is 1. The second-order valence-electron chi connectivity index (χ2n) is 4.80. The molecule has 0 bridgehead atoms. The van der Waals surface area contributed by atoms with Gasteiger partial charge in [-0.1, -0.05) is 0 Å². The van der Waals surface area contributed by atoms with Gasteiger partial charge in [-0.2, -0.15) is 0 Å². The number of rotatable bonds is 3. The van der Waals surface area contributed by atoms with Gasteiger partial charge in [-0.3, -0.25) is 4.79 Å². The van der Waals surface area contributed by atoms with Crippen molar-refractivity contribution >= 4 is 11.9 Å². The number of furan rings is 1. The van der Waals surface area contributed by atoms with Crippen LogP contribution in [-0.2, 0) is 0 Å². The second-order valence-corrected chi connectivity index (χ2v) is 4.80. The van der Waals surface area contributed by atoms with E-state index in [2.05, 4.69) is 20.2 Å². The van der Waals surface area contributed by atoms with Gasteiger partial charge < -0.3 is 14.6 Å². The average Bonchev–Trinajstić information content (AvgIpc) is 3.03. The zero-order valence-corrected chi connectivity index (χ0v) is 11.0. The summed E-state index contributed by atoms with van der Waals surface area (Å²) in [6, 6.07) is 3.67. The Morgan fingerprint density at radius 2 is 2.05 bits per heavy atom. The summed E-state index contributed by atoms with van der Waals surface area (Å²) < 4.78 is 4.91. The Morgan fingerprint density at radius 1 is 1.30 bits per heavy atom. The van der Waals surface area contributed by atoms with E-state index >= 15 is 0 Å². The smallest absolute Gasteiger partial charge is 0.254 e. The number of hydrogen-bond donors (Lipinski definition) is 1. The Bertz CT molecular complexity index is 548. The Balaban J connectivity index is 1.53. The van der Waals surface area contributed by atoms with Crippen LogP contribution in [0.5, 0.6) is 0 Å². The fourth-order valence-corrected chi connectivity index (χ4v) is 2.34. The van der Waals surface area contributed by atoms with Crippen molar-refractivity contribution in [2.45, 2.75) is 18.9 Å². The number of carbonyl (C=O) groups excluding carboxylic acids is 1. The summed E-state index contributed by atoms with van der Waals surface area (Å²) in [5, 5.41) is 3.03. The molecule has 0 atom stereocenters. The van der Waals surface area contributed by atoms with Crippen LogP contribution >= 0.6 is 0 Å². The zero-order valence-electron chi connectivity index (χ0n) is 11.0. The van der Waals surface area contributed by atoms with Crippen molar-refractivity contribution in [3.63, 3.8) is 0 Å². The first-order valence-electron chi connectivity index (χ1n) is 6.68. The highest BCUT2D eigenvalue weighted by Gasteiger charge is 2.22. The molecule has 1 amide bonds. The van der Waals surface area contributed by atoms with Crippen molar-refractivity contribution < 1.29 is 9.21 Å². The summed E-state index contributed by atoms with van der Waals surface area (Å²) in [4.78, 5) is 22.5. The van der Waals surface area contributed by atoms with E-state index in [4.69, 9.17) is 4.42 Å². The molecule has 6 heteroatoms. The molecule has 0 radical (unpaired) electrons. The topological polar surface area (TPSA) is 71.3 Å². The van der Waals surface area contributed by atoms with Crippen LogP contribution in [0.1, 0.15) is 23.2 Å². The Kier molecular flexibility index (Phi) is 3.62. The van der Waals surface area contributed by atoms with Gasteiger partial charge in [0.15, 0.2) is 0 Å². The van der Waals surface area contributed by atoms with E-state index in [1.165, 1.54) is 12.5 Å². The van der Waals surface area contributed by atoms with Gasteiger partial charge in [-0.25, -0.2) is 9.97 Å². The van der Waals surface area contributed by atoms with Gasteiger partial charge in [0.05, 0.1) is 11.8 Å². The minimum absolute atomic E-state index is 0.0758. The van der Waals surface area contributed by atoms with Gasteiger partial charge in [0, 0.05) is 31.5 Å². The lowest BCUT2D eigenvalue weighted by Gasteiger charge is -2.32. The highest BCUT2D eigenvalue weighted by molar-refractivity contribution is 5.93. The molecule has 0 aliphatic carbocycles. The molecule has 1 aliphatic heterocycles. The Labute approximate surface area is 116 Å². The number of nitrogens with zero attached hydrogens (tertiary/aromatic N) is 3. The van der Waals surface area contributed by atoms with Crippen molar-refractivity contribution in [3.8, 4) is 0 Å². The van der Waals surface area contributed by atoms with E-state index in [9.17, 15) is 4.79 Å². The van der Waals surface area contributed by atoms with Gasteiger partial charge in [0.2, 0.25) is 5.95 Å². The van der Waals surface area contributed by atoms with Crippen LogP contribution in [0.3, 0.4) is 0 Å². The van der Waals surface area contributed by atoms with Crippen LogP contribution in [-0.4, -0.2) is 35.0 Å². The number of hydrogen-bond acceptors (Lipinski definition) is 5. The minimum atomic E-state index is -0.0758. The van der Waals surface area contributed by atoms with Crippen molar-refractivity contribution in [3.05, 3.63) is 42.6 Å². The van der Waals surface area contributed by atoms with Gasteiger partial charge in [-0.05, 0) is 25.0 Å². The molecule has 104 valence electrons. The first-order valence-corrected chi connectivity index (χ1v) is 6.68. The summed E-state index contributed by atoms with van der Waals surface area (Å²) in [6.07, 6.45) is 8.24. The van der Waals surface area contributed by atoms with Crippen LogP contribution in [0.2, 0.25) is 0 Å². The van der Waals surface area contributed by atoms with Gasteiger partial charge in [0.25, 0.3) is 5.91 Å². The molecular weight excluding hydrogens is 256 g/mol. The normalized spacial score (nSPS) is 16.1. The van der Waals surface area contributed by atoms with Crippen LogP contribution in [0.25, 0.3) is 0 Å². The molecule has 0 aromatic carbocycles. The maximum absolute atomic E-state index is 11.9. The molecule has 6 nitrogen and oxygen atoms in total. The molecule has 0 spiro atoms. The fraction of sp³-hybridized carbons (Fsp3) is 0.357. The van der Waals surface area contributed by atoms with E-state index in [-0.39, 0.29) is 11.9 Å². The maximum Gasteiger partial charge on any atom is 0.254 e. The summed E-state index contributed by atoms with van der Waals surface area (Å²) >= 11 is 0. The molecular formula is C14H16N4O2. The standard InChI is InChI=1S/C14H16N4O2/c19-13(11-4-9-20-10-11)17-12-2-7-18(8-3-12)14-15-5-1-6-16-14/h1,4-6,9-10,12H,2-3,7-8H2,(H,17,19). The Morgan fingerprint density at radius 3 is 2.70 bits per heavy atom. The molecule has 20 heavy (non-hydrogen) atoms. The van der Waals surface area contributed by atoms with Gasteiger partial charge in [0.1, 0.15) is 6.26 Å². The molecule has 3 heterocycles. The molecule has 1 fully saturated rings. The highest BCUT2D eigenvalue weighted by atomic mass is 16.3. The van der Waals surface area contributed by atoms with Crippen molar-refractivity contribution in [1.29, 1.82) is 0 Å². The largest absolute Gasteiger partial charge is 0.472 e. The predicted octanol–water partition coefficient (Wildman–Crippen LogP) is 1.47. The number of aromatic nitrogens is 2. The molecule has 1 aliphatic rings. The van der Waals surface area contributed by atoms with Crippen molar-refractivity contribution in [2.75, 3.05) is 18.0 Å². The van der Waals surface area contributed by atoms with Crippen LogP contribution in [0.15, 0.2) is 41.5 Å². The zero-order chi connectivity index (χ0) is 13.8. The second kappa shape index (κ2) is 5.73. The lowest BCUT2D eigenvalue weighted by atomic mass is 10.0. The van der Waals surface area contributed by atoms with E-state index in [1.54, 1.807) is 24.5 Å². The van der Waals surface area contributed by atoms with E-state index in [0.717, 1.165) is 31.9 Å². The van der Waals surface area contributed by atoms with Gasteiger partial charge in [-0.15, -0.1) is 0 Å². The van der Waals surface area contributed by atoms with E-state index in [0.29, 0.717) is 5.56 Å². The van der Waals surface area contributed by atoms with E-state index < -0.39 is 0 Å². The Hall–Kier alpha value is -2.37. The number of carbonyl (C=O) groups is 1. The first kappa shape index (κ1) is 12.7. The van der Waals surface area contributed by atoms with Crippen molar-refractivity contribution in [2.24, 2.45) is 0 Å². The lowest BCUT2D eigenvalue weighted by Crippen LogP contribution is -2.45. The summed E-state index contributed by atoms with van der Waals surface area (Å²) in [7, 11) is 0. The van der Waals surface area contributed by atoms with Crippen LogP contribution in [0, 0.1) is 0 Å². The third kappa shape index (κ3) is 2.79. The third-order valence-electron chi connectivity index (χ3n) is 3.45. The number of nitrogens with one attached hydrogen (secondary N) is 1. The summed E-state index contributed by atoms with van der Waals surface area (Å²) in [5.41, 5.74) is 0.568. The minimum Gasteiger partial charge on any atom is -0.472 e. The molecule has 0 unspecified atom stereocenters. The van der Waals surface area contributed by atoms with Crippen molar-refractivity contribution in [1.82, 2.24) is 15.3 Å². The highest BCUT2D eigenvalue weighted by Crippen LogP contribution is 2.15. The van der Waals surface area contributed by atoms with E-state index in [1.807, 2.05) is 0 Å². The van der Waals surface area contributed by atoms with Gasteiger partial charge >= 0.3 is 0 Å². The van der Waals surface area contributed by atoms with Crippen LogP contribution in [0.4, 0.5) is 5.95 Å². The molecule has 2 aromatic heterocycles. The summed E-state index contributed by atoms with van der Waals surface area (Å²) in [6.45, 7) is 1.70. The SMILES string of the molecule is O=C(NC1CCN(c2ncccn2)CC1)c1ccoc1. The quantitative estimate of drug-likeness (QED) is 0.916. The fourth-order valence-electron chi connectivity index (χ4n) is 2.34. The lowest BCUT2D eigenvalue weighted by molar-refractivity contribution is 0.0930. The first-order chi connectivity index (χ1) is 9.83. The number of piperidine rings is 1.